The summed E-state index contributed by atoms with van der Waals surface area (Å²) < 4.78 is 0. The van der Waals surface area contributed by atoms with E-state index in [2.05, 4.69) is 35.8 Å². The van der Waals surface area contributed by atoms with Crippen molar-refractivity contribution in [3.8, 4) is 0 Å². The molecular weight excluding hydrogens is 398 g/mol. The Labute approximate surface area is 190 Å². The van der Waals surface area contributed by atoms with Gasteiger partial charge in [-0.15, -0.1) is 0 Å². The summed E-state index contributed by atoms with van der Waals surface area (Å²) in [5.74, 6) is 1.64. The van der Waals surface area contributed by atoms with Crippen molar-refractivity contribution in [3.05, 3.63) is 58.7 Å². The number of fused-ring (bicyclic) bond motifs is 1. The molecule has 6 heteroatoms. The number of aryl methyl sites for hydroxylation is 3. The van der Waals surface area contributed by atoms with Crippen LogP contribution in [0.3, 0.4) is 0 Å². The molecule has 32 heavy (non-hydrogen) atoms. The maximum Gasteiger partial charge on any atom is 0.252 e. The second-order valence-corrected chi connectivity index (χ2v) is 9.22. The van der Waals surface area contributed by atoms with Crippen LogP contribution in [0.15, 0.2) is 36.4 Å². The van der Waals surface area contributed by atoms with E-state index in [-0.39, 0.29) is 11.9 Å². The van der Waals surface area contributed by atoms with Crippen LogP contribution >= 0.6 is 0 Å². The smallest absolute Gasteiger partial charge is 0.252 e. The third-order valence-electron chi connectivity index (χ3n) is 6.31. The van der Waals surface area contributed by atoms with Crippen LogP contribution in [0.1, 0.15) is 52.7 Å². The van der Waals surface area contributed by atoms with Crippen molar-refractivity contribution in [2.75, 3.05) is 24.3 Å². The molecule has 0 aliphatic heterocycles. The predicted molar refractivity (Wildman–Crippen MR) is 132 cm³/mol. The summed E-state index contributed by atoms with van der Waals surface area (Å²) in [6.45, 7) is 6.10. The van der Waals surface area contributed by atoms with Crippen LogP contribution in [0.4, 0.5) is 11.8 Å². The lowest BCUT2D eigenvalue weighted by molar-refractivity contribution is 0.0925. The van der Waals surface area contributed by atoms with Gasteiger partial charge in [-0.1, -0.05) is 29.8 Å². The fourth-order valence-corrected chi connectivity index (χ4v) is 4.83. The third-order valence-corrected chi connectivity index (χ3v) is 6.31. The number of benzene rings is 2. The summed E-state index contributed by atoms with van der Waals surface area (Å²) >= 11 is 0. The van der Waals surface area contributed by atoms with Gasteiger partial charge in [0.05, 0.1) is 5.52 Å². The van der Waals surface area contributed by atoms with Gasteiger partial charge in [0.25, 0.3) is 5.91 Å². The second kappa shape index (κ2) is 9.15. The monoisotopic (exact) mass is 431 g/mol. The Morgan fingerprint density at radius 1 is 0.938 bits per heavy atom. The zero-order chi connectivity index (χ0) is 22.8. The van der Waals surface area contributed by atoms with Gasteiger partial charge in [0, 0.05) is 37.1 Å². The molecule has 1 aliphatic carbocycles. The van der Waals surface area contributed by atoms with Crippen LogP contribution in [-0.2, 0) is 0 Å². The lowest BCUT2D eigenvalue weighted by Gasteiger charge is -2.30. The van der Waals surface area contributed by atoms with Crippen LogP contribution < -0.4 is 15.5 Å². The Morgan fingerprint density at radius 2 is 1.56 bits per heavy atom. The first-order valence-corrected chi connectivity index (χ1v) is 11.4. The number of carbonyl (C=O) groups is 1. The molecule has 3 aromatic rings. The second-order valence-electron chi connectivity index (χ2n) is 9.22. The highest BCUT2D eigenvalue weighted by Gasteiger charge is 2.24. The first-order chi connectivity index (χ1) is 15.3. The largest absolute Gasteiger partial charge is 0.362 e. The Bertz CT molecular complexity index is 1110. The number of para-hydroxylation sites is 1. The highest BCUT2D eigenvalue weighted by atomic mass is 16.1. The standard InChI is InChI=1S/C26H33N5O/c1-16-14-17(2)23(18(3)15-16)25(32)27-19-10-12-20(13-11-19)28-26-29-22-9-7-6-8-21(22)24(30-26)31(4)5/h6-9,14-15,19-20H,10-13H2,1-5H3,(H,27,32)(H,28,29,30). The van der Waals surface area contributed by atoms with Crippen molar-refractivity contribution >= 4 is 28.6 Å². The summed E-state index contributed by atoms with van der Waals surface area (Å²) in [7, 11) is 4.01. The van der Waals surface area contributed by atoms with Gasteiger partial charge in [-0.25, -0.2) is 4.98 Å². The number of aromatic nitrogens is 2. The van der Waals surface area contributed by atoms with Crippen molar-refractivity contribution in [2.24, 2.45) is 0 Å². The molecule has 1 saturated carbocycles. The molecule has 0 bridgehead atoms. The zero-order valence-corrected chi connectivity index (χ0v) is 19.7. The Morgan fingerprint density at radius 3 is 2.22 bits per heavy atom. The van der Waals surface area contributed by atoms with Gasteiger partial charge in [-0.3, -0.25) is 4.79 Å². The van der Waals surface area contributed by atoms with Crippen LogP contribution in [0.25, 0.3) is 10.9 Å². The number of hydrogen-bond acceptors (Lipinski definition) is 5. The van der Waals surface area contributed by atoms with Crippen molar-refractivity contribution < 1.29 is 4.79 Å². The van der Waals surface area contributed by atoms with Crippen molar-refractivity contribution in [1.29, 1.82) is 0 Å². The molecule has 2 N–H and O–H groups in total. The van der Waals surface area contributed by atoms with Crippen molar-refractivity contribution in [3.63, 3.8) is 0 Å². The number of rotatable bonds is 5. The maximum atomic E-state index is 12.9. The maximum absolute atomic E-state index is 12.9. The van der Waals surface area contributed by atoms with E-state index >= 15 is 0 Å². The molecule has 6 nitrogen and oxygen atoms in total. The minimum atomic E-state index is 0.0462. The number of nitrogens with zero attached hydrogens (tertiary/aromatic N) is 3. The Hall–Kier alpha value is -3.15. The third kappa shape index (κ3) is 4.69. The van der Waals surface area contributed by atoms with Gasteiger partial charge in [0.1, 0.15) is 5.82 Å². The van der Waals surface area contributed by atoms with Crippen molar-refractivity contribution in [2.45, 2.75) is 58.5 Å². The molecule has 1 aromatic heterocycles. The van der Waals surface area contributed by atoms with E-state index in [0.29, 0.717) is 12.0 Å². The van der Waals surface area contributed by atoms with Gasteiger partial charge in [-0.05, 0) is 69.7 Å². The van der Waals surface area contributed by atoms with E-state index in [1.165, 1.54) is 5.56 Å². The first-order valence-electron chi connectivity index (χ1n) is 11.4. The average Bonchev–Trinajstić information content (AvgIpc) is 2.73. The van der Waals surface area contributed by atoms with Gasteiger partial charge >= 0.3 is 0 Å². The summed E-state index contributed by atoms with van der Waals surface area (Å²) in [6, 6.07) is 12.8. The molecule has 1 heterocycles. The van der Waals surface area contributed by atoms with E-state index < -0.39 is 0 Å². The highest BCUT2D eigenvalue weighted by Crippen LogP contribution is 2.27. The van der Waals surface area contributed by atoms with Crippen LogP contribution in [-0.4, -0.2) is 42.1 Å². The normalized spacial score (nSPS) is 18.4. The molecule has 0 radical (unpaired) electrons. The molecule has 0 saturated heterocycles. The predicted octanol–water partition coefficient (Wildman–Crippen LogP) is 4.77. The fraction of sp³-hybridized carbons (Fsp3) is 0.423. The van der Waals surface area contributed by atoms with Crippen LogP contribution in [0, 0.1) is 20.8 Å². The minimum Gasteiger partial charge on any atom is -0.362 e. The lowest BCUT2D eigenvalue weighted by atomic mass is 9.90. The zero-order valence-electron chi connectivity index (χ0n) is 19.7. The van der Waals surface area contributed by atoms with Gasteiger partial charge < -0.3 is 15.5 Å². The topological polar surface area (TPSA) is 70.2 Å². The molecule has 4 rings (SSSR count). The molecular formula is C26H33N5O. The SMILES string of the molecule is Cc1cc(C)c(C(=O)NC2CCC(Nc3nc(N(C)C)c4ccccc4n3)CC2)c(C)c1. The quantitative estimate of drug-likeness (QED) is 0.609. The molecule has 0 spiro atoms. The fourth-order valence-electron chi connectivity index (χ4n) is 4.83. The summed E-state index contributed by atoms with van der Waals surface area (Å²) in [6.07, 6.45) is 3.84. The number of carbonyl (C=O) groups excluding carboxylic acids is 1. The van der Waals surface area contributed by atoms with Crippen LogP contribution in [0.2, 0.25) is 0 Å². The minimum absolute atomic E-state index is 0.0462. The van der Waals surface area contributed by atoms with Crippen molar-refractivity contribution in [1.82, 2.24) is 15.3 Å². The Kier molecular flexibility index (Phi) is 6.31. The first kappa shape index (κ1) is 22.1. The summed E-state index contributed by atoms with van der Waals surface area (Å²) in [5.41, 5.74) is 5.03. The van der Waals surface area contributed by atoms with E-state index in [4.69, 9.17) is 9.97 Å². The van der Waals surface area contributed by atoms with Crippen LogP contribution in [0.5, 0.6) is 0 Å². The Balaban J connectivity index is 1.39. The number of nitrogens with one attached hydrogen (secondary N) is 2. The van der Waals surface area contributed by atoms with E-state index in [1.54, 1.807) is 0 Å². The molecule has 0 unspecified atom stereocenters. The lowest BCUT2D eigenvalue weighted by Crippen LogP contribution is -2.40. The number of anilines is 2. The molecule has 2 aromatic carbocycles. The van der Waals surface area contributed by atoms with E-state index in [9.17, 15) is 4.79 Å². The van der Waals surface area contributed by atoms with Gasteiger partial charge in [-0.2, -0.15) is 4.98 Å². The van der Waals surface area contributed by atoms with E-state index in [1.807, 2.05) is 51.0 Å². The average molecular weight is 432 g/mol. The number of amides is 1. The number of hydrogen-bond donors (Lipinski definition) is 2. The molecule has 1 aliphatic rings. The van der Waals surface area contributed by atoms with Gasteiger partial charge in [0.2, 0.25) is 5.95 Å². The van der Waals surface area contributed by atoms with E-state index in [0.717, 1.165) is 59.1 Å². The summed E-state index contributed by atoms with van der Waals surface area (Å²) in [5, 5.41) is 7.85. The highest BCUT2D eigenvalue weighted by molar-refractivity contribution is 5.97. The molecule has 168 valence electrons. The summed E-state index contributed by atoms with van der Waals surface area (Å²) in [4.78, 5) is 24.4. The molecule has 1 amide bonds. The molecule has 0 atom stereocenters. The molecule has 1 fully saturated rings. The van der Waals surface area contributed by atoms with Gasteiger partial charge in [0.15, 0.2) is 0 Å².